The summed E-state index contributed by atoms with van der Waals surface area (Å²) in [5, 5.41) is 0. The Bertz CT molecular complexity index is 660. The molecule has 6 heteroatoms. The molecule has 0 bridgehead atoms. The van der Waals surface area contributed by atoms with Crippen LogP contribution in [0.15, 0.2) is 43.0 Å². The van der Waals surface area contributed by atoms with Gasteiger partial charge in [0.1, 0.15) is 0 Å². The van der Waals surface area contributed by atoms with Gasteiger partial charge < -0.3 is 9.64 Å². The molecular formula is C17H18FN3O2. The average Bonchev–Trinajstić information content (AvgIpc) is 3.08. The summed E-state index contributed by atoms with van der Waals surface area (Å²) in [6.07, 6.45) is 7.75. The third-order valence-electron chi connectivity index (χ3n) is 3.86. The SMILES string of the molecule is O=C(c1ccncc1F)N(Cc1ccncc1)C[C@@H]1CCCO1. The van der Waals surface area contributed by atoms with Crippen molar-refractivity contribution in [2.75, 3.05) is 13.2 Å². The van der Waals surface area contributed by atoms with Crippen LogP contribution in [-0.2, 0) is 11.3 Å². The Morgan fingerprint density at radius 2 is 2.04 bits per heavy atom. The Labute approximate surface area is 134 Å². The molecule has 1 atom stereocenters. The number of aromatic nitrogens is 2. The van der Waals surface area contributed by atoms with E-state index in [1.165, 1.54) is 12.3 Å². The fourth-order valence-corrected chi connectivity index (χ4v) is 2.68. The van der Waals surface area contributed by atoms with Gasteiger partial charge in [-0.2, -0.15) is 0 Å². The van der Waals surface area contributed by atoms with Gasteiger partial charge in [0.2, 0.25) is 0 Å². The van der Waals surface area contributed by atoms with E-state index in [1.54, 1.807) is 17.3 Å². The quantitative estimate of drug-likeness (QED) is 0.850. The predicted molar refractivity (Wildman–Crippen MR) is 82.1 cm³/mol. The Kier molecular flexibility index (Phi) is 4.92. The van der Waals surface area contributed by atoms with Crippen LogP contribution in [0.3, 0.4) is 0 Å². The number of amides is 1. The van der Waals surface area contributed by atoms with E-state index in [1.807, 2.05) is 12.1 Å². The second-order valence-electron chi connectivity index (χ2n) is 5.53. The van der Waals surface area contributed by atoms with Gasteiger partial charge in [-0.3, -0.25) is 14.8 Å². The molecule has 3 heterocycles. The van der Waals surface area contributed by atoms with Crippen molar-refractivity contribution in [2.24, 2.45) is 0 Å². The molecular weight excluding hydrogens is 297 g/mol. The van der Waals surface area contributed by atoms with Crippen LogP contribution in [0.25, 0.3) is 0 Å². The highest BCUT2D eigenvalue weighted by Gasteiger charge is 2.25. The fourth-order valence-electron chi connectivity index (χ4n) is 2.68. The lowest BCUT2D eigenvalue weighted by molar-refractivity contribution is 0.0503. The van der Waals surface area contributed by atoms with Gasteiger partial charge in [-0.05, 0) is 36.6 Å². The van der Waals surface area contributed by atoms with Crippen LogP contribution >= 0.6 is 0 Å². The van der Waals surface area contributed by atoms with Crippen LogP contribution < -0.4 is 0 Å². The van der Waals surface area contributed by atoms with Crippen LogP contribution in [0.4, 0.5) is 4.39 Å². The van der Waals surface area contributed by atoms with Crippen molar-refractivity contribution in [1.82, 2.24) is 14.9 Å². The smallest absolute Gasteiger partial charge is 0.257 e. The molecule has 1 fully saturated rings. The van der Waals surface area contributed by atoms with Gasteiger partial charge in [0, 0.05) is 38.3 Å². The average molecular weight is 315 g/mol. The summed E-state index contributed by atoms with van der Waals surface area (Å²) in [5.74, 6) is -0.957. The third kappa shape index (κ3) is 3.90. The molecule has 0 spiro atoms. The summed E-state index contributed by atoms with van der Waals surface area (Å²) >= 11 is 0. The van der Waals surface area contributed by atoms with Crippen LogP contribution in [0.1, 0.15) is 28.8 Å². The molecule has 1 aliphatic heterocycles. The van der Waals surface area contributed by atoms with E-state index >= 15 is 0 Å². The Hall–Kier alpha value is -2.34. The topological polar surface area (TPSA) is 55.3 Å². The number of rotatable bonds is 5. The molecule has 5 nitrogen and oxygen atoms in total. The lowest BCUT2D eigenvalue weighted by Gasteiger charge is -2.25. The first-order chi connectivity index (χ1) is 11.2. The Balaban J connectivity index is 1.81. The molecule has 0 saturated carbocycles. The molecule has 1 amide bonds. The van der Waals surface area contributed by atoms with Crippen molar-refractivity contribution < 1.29 is 13.9 Å². The normalized spacial score (nSPS) is 17.2. The van der Waals surface area contributed by atoms with Gasteiger partial charge in [0.15, 0.2) is 5.82 Å². The van der Waals surface area contributed by atoms with Gasteiger partial charge in [-0.15, -0.1) is 0 Å². The maximum absolute atomic E-state index is 13.9. The van der Waals surface area contributed by atoms with Crippen LogP contribution in [0.5, 0.6) is 0 Å². The fraction of sp³-hybridized carbons (Fsp3) is 0.353. The minimum Gasteiger partial charge on any atom is -0.376 e. The standard InChI is InChI=1S/C17H18FN3O2/c18-16-10-20-8-5-15(16)17(22)21(12-14-2-1-9-23-14)11-13-3-6-19-7-4-13/h3-8,10,14H,1-2,9,11-12H2/t14-/m0/s1. The monoisotopic (exact) mass is 315 g/mol. The van der Waals surface area contributed by atoms with E-state index in [0.717, 1.165) is 24.6 Å². The highest BCUT2D eigenvalue weighted by Crippen LogP contribution is 2.18. The van der Waals surface area contributed by atoms with Crippen LogP contribution in [-0.4, -0.2) is 40.0 Å². The minimum atomic E-state index is -0.607. The van der Waals surface area contributed by atoms with E-state index in [2.05, 4.69) is 9.97 Å². The molecule has 1 aliphatic rings. The van der Waals surface area contributed by atoms with E-state index in [0.29, 0.717) is 19.7 Å². The lowest BCUT2D eigenvalue weighted by atomic mass is 10.1. The number of hydrogen-bond acceptors (Lipinski definition) is 4. The number of halogens is 1. The third-order valence-corrected chi connectivity index (χ3v) is 3.86. The summed E-state index contributed by atoms with van der Waals surface area (Å²) < 4.78 is 19.5. The van der Waals surface area contributed by atoms with Crippen LogP contribution in [0, 0.1) is 5.82 Å². The molecule has 0 N–H and O–H groups in total. The van der Waals surface area contributed by atoms with Crippen molar-refractivity contribution >= 4 is 5.91 Å². The first-order valence-electron chi connectivity index (χ1n) is 7.63. The molecule has 2 aromatic heterocycles. The molecule has 3 rings (SSSR count). The molecule has 0 aliphatic carbocycles. The highest BCUT2D eigenvalue weighted by molar-refractivity contribution is 5.94. The van der Waals surface area contributed by atoms with Gasteiger partial charge in [-0.25, -0.2) is 4.39 Å². The second kappa shape index (κ2) is 7.28. The minimum absolute atomic E-state index is 0.00526. The van der Waals surface area contributed by atoms with Gasteiger partial charge >= 0.3 is 0 Å². The number of ether oxygens (including phenoxy) is 1. The summed E-state index contributed by atoms with van der Waals surface area (Å²) in [4.78, 5) is 22.0. The largest absolute Gasteiger partial charge is 0.376 e. The Morgan fingerprint density at radius 3 is 2.74 bits per heavy atom. The second-order valence-corrected chi connectivity index (χ2v) is 5.53. The first-order valence-corrected chi connectivity index (χ1v) is 7.63. The summed E-state index contributed by atoms with van der Waals surface area (Å²) in [6.45, 7) is 1.55. The summed E-state index contributed by atoms with van der Waals surface area (Å²) in [6, 6.07) is 5.10. The number of pyridine rings is 2. The lowest BCUT2D eigenvalue weighted by Crippen LogP contribution is -2.37. The molecule has 23 heavy (non-hydrogen) atoms. The maximum Gasteiger partial charge on any atom is 0.257 e. The van der Waals surface area contributed by atoms with Crippen molar-refractivity contribution in [2.45, 2.75) is 25.5 Å². The molecule has 120 valence electrons. The molecule has 1 saturated heterocycles. The zero-order valence-corrected chi connectivity index (χ0v) is 12.7. The summed E-state index contributed by atoms with van der Waals surface area (Å²) in [5.41, 5.74) is 0.980. The molecule has 0 unspecified atom stereocenters. The van der Waals surface area contributed by atoms with Crippen LogP contribution in [0.2, 0.25) is 0 Å². The van der Waals surface area contributed by atoms with Gasteiger partial charge in [0.05, 0.1) is 17.9 Å². The molecule has 0 aromatic carbocycles. The number of carbonyl (C=O) groups is 1. The van der Waals surface area contributed by atoms with E-state index in [4.69, 9.17) is 4.74 Å². The highest BCUT2D eigenvalue weighted by atomic mass is 19.1. The zero-order chi connectivity index (χ0) is 16.1. The molecule has 0 radical (unpaired) electrons. The summed E-state index contributed by atoms with van der Waals surface area (Å²) in [7, 11) is 0. The van der Waals surface area contributed by atoms with Crippen molar-refractivity contribution in [3.8, 4) is 0 Å². The van der Waals surface area contributed by atoms with E-state index in [-0.39, 0.29) is 17.6 Å². The van der Waals surface area contributed by atoms with E-state index in [9.17, 15) is 9.18 Å². The number of nitrogens with zero attached hydrogens (tertiary/aromatic N) is 3. The van der Waals surface area contributed by atoms with Crippen molar-refractivity contribution in [3.05, 3.63) is 59.9 Å². The van der Waals surface area contributed by atoms with Gasteiger partial charge in [0.25, 0.3) is 5.91 Å². The Morgan fingerprint density at radius 1 is 1.26 bits per heavy atom. The molecule has 2 aromatic rings. The van der Waals surface area contributed by atoms with Crippen molar-refractivity contribution in [3.63, 3.8) is 0 Å². The zero-order valence-electron chi connectivity index (χ0n) is 12.7. The van der Waals surface area contributed by atoms with Gasteiger partial charge in [-0.1, -0.05) is 0 Å². The first kappa shape index (κ1) is 15.6. The number of hydrogen-bond donors (Lipinski definition) is 0. The number of carbonyl (C=O) groups excluding carboxylic acids is 1. The maximum atomic E-state index is 13.9. The van der Waals surface area contributed by atoms with Crippen molar-refractivity contribution in [1.29, 1.82) is 0 Å². The van der Waals surface area contributed by atoms with E-state index < -0.39 is 5.82 Å². The predicted octanol–water partition coefficient (Wildman–Crippen LogP) is 2.44.